The van der Waals surface area contributed by atoms with Crippen molar-refractivity contribution in [1.29, 1.82) is 0 Å². The van der Waals surface area contributed by atoms with Gasteiger partial charge in [-0.2, -0.15) is 0 Å². The van der Waals surface area contributed by atoms with Gasteiger partial charge in [-0.1, -0.05) is 24.6 Å². The largest absolute Gasteiger partial charge is 0.494 e. The van der Waals surface area contributed by atoms with E-state index in [0.29, 0.717) is 22.9 Å². The Hall–Kier alpha value is -2.00. The number of halogens is 1. The van der Waals surface area contributed by atoms with Crippen molar-refractivity contribution in [2.75, 3.05) is 13.2 Å². The van der Waals surface area contributed by atoms with Gasteiger partial charge in [-0.3, -0.25) is 4.79 Å². The van der Waals surface area contributed by atoms with Gasteiger partial charge in [-0.15, -0.1) is 0 Å². The van der Waals surface area contributed by atoms with E-state index in [1.54, 1.807) is 48.5 Å². The fourth-order valence-corrected chi connectivity index (χ4v) is 1.93. The fraction of sp³-hybridized carbons (Fsp3) is 0.235. The van der Waals surface area contributed by atoms with Crippen molar-refractivity contribution < 1.29 is 14.3 Å². The Morgan fingerprint density at radius 3 is 2.48 bits per heavy atom. The monoisotopic (exact) mass is 304 g/mol. The molecule has 3 nitrogen and oxygen atoms in total. The average molecular weight is 305 g/mol. The first kappa shape index (κ1) is 15.4. The minimum atomic E-state index is -0.0861. The molecular weight excluding hydrogens is 288 g/mol. The summed E-state index contributed by atoms with van der Waals surface area (Å²) in [5.41, 5.74) is 0.598. The van der Waals surface area contributed by atoms with Gasteiger partial charge < -0.3 is 9.47 Å². The van der Waals surface area contributed by atoms with Crippen LogP contribution in [-0.4, -0.2) is 19.0 Å². The number of ether oxygens (including phenoxy) is 2. The Balaban J connectivity index is 1.91. The van der Waals surface area contributed by atoms with Crippen LogP contribution in [0.4, 0.5) is 0 Å². The molecule has 4 heteroatoms. The SMILES string of the molecule is CCCOc1ccc(C(=O)COc2cccc(Cl)c2)cc1. The van der Waals surface area contributed by atoms with Crippen LogP contribution >= 0.6 is 11.6 Å². The van der Waals surface area contributed by atoms with Gasteiger partial charge in [0.05, 0.1) is 6.61 Å². The molecule has 0 heterocycles. The zero-order valence-corrected chi connectivity index (χ0v) is 12.6. The number of rotatable bonds is 7. The van der Waals surface area contributed by atoms with Gasteiger partial charge in [0.15, 0.2) is 12.4 Å². The van der Waals surface area contributed by atoms with E-state index >= 15 is 0 Å². The van der Waals surface area contributed by atoms with Crippen LogP contribution in [-0.2, 0) is 0 Å². The van der Waals surface area contributed by atoms with E-state index in [-0.39, 0.29) is 12.4 Å². The number of benzene rings is 2. The third-order valence-electron chi connectivity index (χ3n) is 2.82. The van der Waals surface area contributed by atoms with E-state index in [2.05, 4.69) is 0 Å². The molecule has 110 valence electrons. The summed E-state index contributed by atoms with van der Waals surface area (Å²) in [5, 5.41) is 0.581. The Kier molecular flexibility index (Phi) is 5.64. The molecule has 0 aliphatic rings. The molecule has 0 spiro atoms. The van der Waals surface area contributed by atoms with Crippen molar-refractivity contribution in [3.63, 3.8) is 0 Å². The summed E-state index contributed by atoms with van der Waals surface area (Å²) >= 11 is 5.86. The summed E-state index contributed by atoms with van der Waals surface area (Å²) in [4.78, 5) is 12.0. The van der Waals surface area contributed by atoms with E-state index in [1.807, 2.05) is 6.92 Å². The summed E-state index contributed by atoms with van der Waals surface area (Å²) in [6.45, 7) is 2.70. The van der Waals surface area contributed by atoms with E-state index in [4.69, 9.17) is 21.1 Å². The normalized spacial score (nSPS) is 10.2. The van der Waals surface area contributed by atoms with Crippen LogP contribution in [0.25, 0.3) is 0 Å². The zero-order chi connectivity index (χ0) is 15.1. The van der Waals surface area contributed by atoms with Crippen LogP contribution in [0, 0.1) is 0 Å². The summed E-state index contributed by atoms with van der Waals surface area (Å²) < 4.78 is 10.9. The summed E-state index contributed by atoms with van der Waals surface area (Å²) in [5.74, 6) is 1.26. The van der Waals surface area contributed by atoms with Crippen LogP contribution in [0.15, 0.2) is 48.5 Å². The molecule has 0 saturated carbocycles. The Morgan fingerprint density at radius 2 is 1.81 bits per heavy atom. The van der Waals surface area contributed by atoms with Crippen molar-refractivity contribution >= 4 is 17.4 Å². The summed E-state index contributed by atoms with van der Waals surface area (Å²) in [6, 6.07) is 14.1. The van der Waals surface area contributed by atoms with Gasteiger partial charge in [-0.05, 0) is 48.9 Å². The third-order valence-corrected chi connectivity index (χ3v) is 3.05. The standard InChI is InChI=1S/C17H17ClO3/c1-2-10-20-15-8-6-13(7-9-15)17(19)12-21-16-5-3-4-14(18)11-16/h3-9,11H,2,10,12H2,1H3. The fourth-order valence-electron chi connectivity index (χ4n) is 1.75. The summed E-state index contributed by atoms with van der Waals surface area (Å²) in [6.07, 6.45) is 0.953. The Bertz CT molecular complexity index is 593. The summed E-state index contributed by atoms with van der Waals surface area (Å²) in [7, 11) is 0. The molecule has 0 saturated heterocycles. The molecule has 0 bridgehead atoms. The van der Waals surface area contributed by atoms with Crippen molar-refractivity contribution in [2.24, 2.45) is 0 Å². The maximum absolute atomic E-state index is 12.0. The molecule has 0 amide bonds. The number of Topliss-reactive ketones (excluding diaryl/α,β-unsaturated/α-hetero) is 1. The van der Waals surface area contributed by atoms with Crippen molar-refractivity contribution in [3.8, 4) is 11.5 Å². The Labute approximate surface area is 129 Å². The molecule has 2 rings (SSSR count). The predicted molar refractivity (Wildman–Crippen MR) is 83.5 cm³/mol. The van der Waals surface area contributed by atoms with Crippen LogP contribution in [0.1, 0.15) is 23.7 Å². The van der Waals surface area contributed by atoms with Crippen molar-refractivity contribution in [3.05, 3.63) is 59.1 Å². The number of hydrogen-bond donors (Lipinski definition) is 0. The second kappa shape index (κ2) is 7.70. The van der Waals surface area contributed by atoms with E-state index in [1.165, 1.54) is 0 Å². The smallest absolute Gasteiger partial charge is 0.200 e. The number of carbonyl (C=O) groups excluding carboxylic acids is 1. The molecule has 0 unspecified atom stereocenters. The quantitative estimate of drug-likeness (QED) is 0.712. The molecule has 0 atom stereocenters. The molecule has 0 aliphatic carbocycles. The van der Waals surface area contributed by atoms with Gasteiger partial charge in [-0.25, -0.2) is 0 Å². The van der Waals surface area contributed by atoms with E-state index in [9.17, 15) is 4.79 Å². The maximum Gasteiger partial charge on any atom is 0.200 e. The molecule has 0 aliphatic heterocycles. The first-order chi connectivity index (χ1) is 10.2. The second-order valence-corrected chi connectivity index (χ2v) is 4.98. The van der Waals surface area contributed by atoms with Gasteiger partial charge >= 0.3 is 0 Å². The molecule has 2 aromatic carbocycles. The predicted octanol–water partition coefficient (Wildman–Crippen LogP) is 4.39. The molecule has 0 aromatic heterocycles. The Morgan fingerprint density at radius 1 is 1.05 bits per heavy atom. The number of carbonyl (C=O) groups is 1. The third kappa shape index (κ3) is 4.80. The minimum Gasteiger partial charge on any atom is -0.494 e. The van der Waals surface area contributed by atoms with Crippen molar-refractivity contribution in [2.45, 2.75) is 13.3 Å². The van der Waals surface area contributed by atoms with Gasteiger partial charge in [0.25, 0.3) is 0 Å². The lowest BCUT2D eigenvalue weighted by molar-refractivity contribution is 0.0921. The lowest BCUT2D eigenvalue weighted by Gasteiger charge is -2.07. The zero-order valence-electron chi connectivity index (χ0n) is 11.8. The van der Waals surface area contributed by atoms with Gasteiger partial charge in [0.1, 0.15) is 11.5 Å². The second-order valence-electron chi connectivity index (χ2n) is 4.54. The highest BCUT2D eigenvalue weighted by molar-refractivity contribution is 6.30. The maximum atomic E-state index is 12.0. The molecular formula is C17H17ClO3. The van der Waals surface area contributed by atoms with E-state index < -0.39 is 0 Å². The highest BCUT2D eigenvalue weighted by atomic mass is 35.5. The van der Waals surface area contributed by atoms with Crippen LogP contribution in [0.2, 0.25) is 5.02 Å². The molecule has 0 radical (unpaired) electrons. The van der Waals surface area contributed by atoms with Crippen LogP contribution < -0.4 is 9.47 Å². The van der Waals surface area contributed by atoms with Crippen molar-refractivity contribution in [1.82, 2.24) is 0 Å². The number of hydrogen-bond acceptors (Lipinski definition) is 3. The first-order valence-electron chi connectivity index (χ1n) is 6.83. The van der Waals surface area contributed by atoms with Crippen LogP contribution in [0.5, 0.6) is 11.5 Å². The highest BCUT2D eigenvalue weighted by Crippen LogP contribution is 2.18. The average Bonchev–Trinajstić information content (AvgIpc) is 2.51. The van der Waals surface area contributed by atoms with Gasteiger partial charge in [0, 0.05) is 10.6 Å². The molecule has 2 aromatic rings. The first-order valence-corrected chi connectivity index (χ1v) is 7.21. The van der Waals surface area contributed by atoms with Crippen LogP contribution in [0.3, 0.4) is 0 Å². The molecule has 0 N–H and O–H groups in total. The van der Waals surface area contributed by atoms with E-state index in [0.717, 1.165) is 12.2 Å². The molecule has 21 heavy (non-hydrogen) atoms. The van der Waals surface area contributed by atoms with Gasteiger partial charge in [0.2, 0.25) is 0 Å². The number of ketones is 1. The highest BCUT2D eigenvalue weighted by Gasteiger charge is 2.07. The lowest BCUT2D eigenvalue weighted by atomic mass is 10.1. The molecule has 0 fully saturated rings. The lowest BCUT2D eigenvalue weighted by Crippen LogP contribution is -2.11. The minimum absolute atomic E-state index is 0.0183. The topological polar surface area (TPSA) is 35.5 Å².